The van der Waals surface area contributed by atoms with E-state index in [1.807, 2.05) is 66.5 Å². The Bertz CT molecular complexity index is 861. The molecule has 0 atom stereocenters. The maximum atomic E-state index is 6.12. The molecule has 126 valence electrons. The molecular formula is C21H20ClN3. The van der Waals surface area contributed by atoms with Crippen LogP contribution in [0.2, 0.25) is 5.02 Å². The first-order valence-electron chi connectivity index (χ1n) is 8.10. The highest BCUT2D eigenvalue weighted by Crippen LogP contribution is 2.22. The summed E-state index contributed by atoms with van der Waals surface area (Å²) >= 11 is 6.12. The number of hydrazone groups is 1. The number of para-hydroxylation sites is 1. The first kappa shape index (κ1) is 17.1. The van der Waals surface area contributed by atoms with Crippen LogP contribution in [0, 0.1) is 0 Å². The molecule has 0 heterocycles. The Labute approximate surface area is 153 Å². The summed E-state index contributed by atoms with van der Waals surface area (Å²) in [5.74, 6) is 0. The standard InChI is InChI=1S/C21H20ClN3/c1-16(20-14-18(22)12-13-21(20)23)24-25(19-10-6-3-7-11-19)15-17-8-4-2-5-9-17/h2-14H,15,23H2,1H3/b24-16+. The Balaban J connectivity index is 1.98. The van der Waals surface area contributed by atoms with Crippen LogP contribution in [-0.4, -0.2) is 5.71 Å². The van der Waals surface area contributed by atoms with E-state index in [-0.39, 0.29) is 0 Å². The minimum absolute atomic E-state index is 0.646. The largest absolute Gasteiger partial charge is 0.398 e. The second kappa shape index (κ2) is 7.86. The van der Waals surface area contributed by atoms with Gasteiger partial charge in [-0.15, -0.1) is 0 Å². The number of hydrogen-bond donors (Lipinski definition) is 1. The van der Waals surface area contributed by atoms with Gasteiger partial charge in [0.1, 0.15) is 0 Å². The number of hydrogen-bond acceptors (Lipinski definition) is 3. The fraction of sp³-hybridized carbons (Fsp3) is 0.0952. The highest BCUT2D eigenvalue weighted by molar-refractivity contribution is 6.31. The molecule has 4 heteroatoms. The number of benzene rings is 3. The van der Waals surface area contributed by atoms with Crippen molar-refractivity contribution in [3.63, 3.8) is 0 Å². The average molecular weight is 350 g/mol. The van der Waals surface area contributed by atoms with Crippen LogP contribution in [0.5, 0.6) is 0 Å². The van der Waals surface area contributed by atoms with E-state index in [1.54, 1.807) is 12.1 Å². The molecule has 0 aliphatic carbocycles. The maximum absolute atomic E-state index is 6.12. The predicted octanol–water partition coefficient (Wildman–Crippen LogP) is 5.35. The third-order valence-corrected chi connectivity index (χ3v) is 4.14. The van der Waals surface area contributed by atoms with E-state index >= 15 is 0 Å². The molecule has 0 bridgehead atoms. The predicted molar refractivity (Wildman–Crippen MR) is 107 cm³/mol. The first-order valence-corrected chi connectivity index (χ1v) is 8.48. The molecule has 0 saturated heterocycles. The molecular weight excluding hydrogens is 330 g/mol. The van der Waals surface area contributed by atoms with Gasteiger partial charge in [0.25, 0.3) is 0 Å². The van der Waals surface area contributed by atoms with Crippen LogP contribution >= 0.6 is 11.6 Å². The third kappa shape index (κ3) is 4.40. The second-order valence-corrected chi connectivity index (χ2v) is 6.23. The Morgan fingerprint density at radius 1 is 0.960 bits per heavy atom. The third-order valence-electron chi connectivity index (χ3n) is 3.91. The van der Waals surface area contributed by atoms with E-state index < -0.39 is 0 Å². The van der Waals surface area contributed by atoms with Crippen LogP contribution in [0.4, 0.5) is 11.4 Å². The number of anilines is 2. The summed E-state index contributed by atoms with van der Waals surface area (Å²) in [7, 11) is 0. The van der Waals surface area contributed by atoms with E-state index in [0.29, 0.717) is 17.3 Å². The molecule has 3 nitrogen and oxygen atoms in total. The van der Waals surface area contributed by atoms with Gasteiger partial charge in [0.2, 0.25) is 0 Å². The molecule has 0 aromatic heterocycles. The van der Waals surface area contributed by atoms with E-state index in [9.17, 15) is 0 Å². The molecule has 0 radical (unpaired) electrons. The number of nitrogens with two attached hydrogens (primary N) is 1. The van der Waals surface area contributed by atoms with Crippen molar-refractivity contribution < 1.29 is 0 Å². The Hall–Kier alpha value is -2.78. The Morgan fingerprint density at radius 2 is 1.60 bits per heavy atom. The number of halogens is 1. The van der Waals surface area contributed by atoms with Crippen LogP contribution in [-0.2, 0) is 6.54 Å². The zero-order valence-corrected chi connectivity index (χ0v) is 14.8. The summed E-state index contributed by atoms with van der Waals surface area (Å²) in [5.41, 5.74) is 10.6. The summed E-state index contributed by atoms with van der Waals surface area (Å²) in [4.78, 5) is 0. The molecule has 3 rings (SSSR count). The monoisotopic (exact) mass is 349 g/mol. The SMILES string of the molecule is C/C(=N\N(Cc1ccccc1)c1ccccc1)c1cc(Cl)ccc1N. The van der Waals surface area contributed by atoms with Crippen molar-refractivity contribution in [3.05, 3.63) is 95.0 Å². The molecule has 25 heavy (non-hydrogen) atoms. The normalized spacial score (nSPS) is 11.4. The van der Waals surface area contributed by atoms with Crippen molar-refractivity contribution in [1.29, 1.82) is 0 Å². The maximum Gasteiger partial charge on any atom is 0.0672 e. The number of nitrogens with zero attached hydrogens (tertiary/aromatic N) is 2. The fourth-order valence-corrected chi connectivity index (χ4v) is 2.79. The van der Waals surface area contributed by atoms with Crippen molar-refractivity contribution in [3.8, 4) is 0 Å². The van der Waals surface area contributed by atoms with E-state index in [2.05, 4.69) is 12.1 Å². The highest BCUT2D eigenvalue weighted by atomic mass is 35.5. The van der Waals surface area contributed by atoms with E-state index in [1.165, 1.54) is 5.56 Å². The Morgan fingerprint density at radius 3 is 2.28 bits per heavy atom. The Kier molecular flexibility index (Phi) is 5.36. The highest BCUT2D eigenvalue weighted by Gasteiger charge is 2.10. The minimum atomic E-state index is 0.646. The van der Waals surface area contributed by atoms with Gasteiger partial charge in [-0.05, 0) is 42.8 Å². The van der Waals surface area contributed by atoms with E-state index in [4.69, 9.17) is 22.4 Å². The molecule has 2 N–H and O–H groups in total. The zero-order valence-electron chi connectivity index (χ0n) is 14.1. The van der Waals surface area contributed by atoms with Crippen molar-refractivity contribution >= 4 is 28.7 Å². The fourth-order valence-electron chi connectivity index (χ4n) is 2.62. The average Bonchev–Trinajstić information content (AvgIpc) is 2.64. The van der Waals surface area contributed by atoms with Gasteiger partial charge in [-0.2, -0.15) is 5.10 Å². The second-order valence-electron chi connectivity index (χ2n) is 5.80. The van der Waals surface area contributed by atoms with Crippen molar-refractivity contribution in [2.45, 2.75) is 13.5 Å². The number of nitrogen functional groups attached to an aromatic ring is 1. The molecule has 0 fully saturated rings. The summed E-state index contributed by atoms with van der Waals surface area (Å²) < 4.78 is 0. The zero-order chi connectivity index (χ0) is 17.6. The summed E-state index contributed by atoms with van der Waals surface area (Å²) in [5, 5.41) is 7.45. The quantitative estimate of drug-likeness (QED) is 0.383. The summed E-state index contributed by atoms with van der Waals surface area (Å²) in [6, 6.07) is 25.8. The molecule has 3 aromatic rings. The number of rotatable bonds is 5. The smallest absolute Gasteiger partial charge is 0.0672 e. The van der Waals surface area contributed by atoms with Crippen LogP contribution in [0.3, 0.4) is 0 Å². The molecule has 3 aromatic carbocycles. The molecule has 0 unspecified atom stereocenters. The lowest BCUT2D eigenvalue weighted by atomic mass is 10.1. The molecule has 0 amide bonds. The topological polar surface area (TPSA) is 41.6 Å². The lowest BCUT2D eigenvalue weighted by Gasteiger charge is -2.21. The molecule has 0 aliphatic heterocycles. The van der Waals surface area contributed by atoms with Gasteiger partial charge in [-0.1, -0.05) is 60.1 Å². The van der Waals surface area contributed by atoms with Gasteiger partial charge in [-0.3, -0.25) is 5.01 Å². The molecule has 0 aliphatic rings. The van der Waals surface area contributed by atoms with Crippen molar-refractivity contribution in [2.24, 2.45) is 5.10 Å². The van der Waals surface area contributed by atoms with Crippen LogP contribution < -0.4 is 10.7 Å². The molecule has 0 spiro atoms. The van der Waals surface area contributed by atoms with Gasteiger partial charge in [-0.25, -0.2) is 0 Å². The van der Waals surface area contributed by atoms with Gasteiger partial charge in [0.05, 0.1) is 17.9 Å². The van der Waals surface area contributed by atoms with Crippen molar-refractivity contribution in [1.82, 2.24) is 0 Å². The summed E-state index contributed by atoms with van der Waals surface area (Å²) in [6.45, 7) is 2.62. The van der Waals surface area contributed by atoms with Crippen LogP contribution in [0.1, 0.15) is 18.1 Å². The van der Waals surface area contributed by atoms with Gasteiger partial charge in [0, 0.05) is 16.3 Å². The summed E-state index contributed by atoms with van der Waals surface area (Å²) in [6.07, 6.45) is 0. The van der Waals surface area contributed by atoms with Crippen LogP contribution in [0.15, 0.2) is 84.0 Å². The first-order chi connectivity index (χ1) is 12.1. The lowest BCUT2D eigenvalue weighted by molar-refractivity contribution is 0.854. The van der Waals surface area contributed by atoms with E-state index in [0.717, 1.165) is 17.0 Å². The lowest BCUT2D eigenvalue weighted by Crippen LogP contribution is -2.18. The van der Waals surface area contributed by atoms with Gasteiger partial charge >= 0.3 is 0 Å². The van der Waals surface area contributed by atoms with Crippen molar-refractivity contribution in [2.75, 3.05) is 10.7 Å². The molecule has 0 saturated carbocycles. The minimum Gasteiger partial charge on any atom is -0.398 e. The van der Waals surface area contributed by atoms with Gasteiger partial charge in [0.15, 0.2) is 0 Å². The van der Waals surface area contributed by atoms with Crippen LogP contribution in [0.25, 0.3) is 0 Å². The van der Waals surface area contributed by atoms with Gasteiger partial charge < -0.3 is 5.73 Å².